The van der Waals surface area contributed by atoms with Crippen molar-refractivity contribution in [2.75, 3.05) is 6.61 Å². The molecule has 2 fully saturated rings. The van der Waals surface area contributed by atoms with Gasteiger partial charge in [0, 0.05) is 18.0 Å². The first kappa shape index (κ1) is 23.1. The van der Waals surface area contributed by atoms with Crippen LogP contribution in [-0.2, 0) is 14.3 Å². The monoisotopic (exact) mass is 474 g/mol. The minimum absolute atomic E-state index is 0.0683. The van der Waals surface area contributed by atoms with E-state index < -0.39 is 24.0 Å². The number of ether oxygens (including phenoxy) is 1. The summed E-state index contributed by atoms with van der Waals surface area (Å²) < 4.78 is 5.65. The van der Waals surface area contributed by atoms with Crippen LogP contribution < -0.4 is 5.32 Å². The molecule has 0 radical (unpaired) electrons. The normalized spacial score (nSPS) is 22.9. The van der Waals surface area contributed by atoms with Crippen molar-refractivity contribution in [3.05, 3.63) is 72.3 Å². The van der Waals surface area contributed by atoms with E-state index in [9.17, 15) is 19.5 Å². The van der Waals surface area contributed by atoms with E-state index in [0.717, 1.165) is 28.7 Å². The molecule has 2 aromatic carbocycles. The zero-order valence-electron chi connectivity index (χ0n) is 19.6. The van der Waals surface area contributed by atoms with Gasteiger partial charge < -0.3 is 20.1 Å². The zero-order valence-corrected chi connectivity index (χ0v) is 19.6. The van der Waals surface area contributed by atoms with Crippen molar-refractivity contribution in [2.45, 2.75) is 56.1 Å². The lowest BCUT2D eigenvalue weighted by Crippen LogP contribution is -2.51. The van der Waals surface area contributed by atoms with Crippen LogP contribution in [0.1, 0.15) is 49.1 Å². The van der Waals surface area contributed by atoms with Crippen LogP contribution in [0.15, 0.2) is 61.2 Å². The van der Waals surface area contributed by atoms with Gasteiger partial charge >= 0.3 is 12.1 Å². The molecule has 3 aliphatic rings. The van der Waals surface area contributed by atoms with E-state index >= 15 is 0 Å². The predicted molar refractivity (Wildman–Crippen MR) is 131 cm³/mol. The van der Waals surface area contributed by atoms with Crippen LogP contribution in [0.3, 0.4) is 0 Å². The Kier molecular flexibility index (Phi) is 6.32. The van der Waals surface area contributed by atoms with Crippen molar-refractivity contribution < 1.29 is 24.2 Å². The number of alkyl carbamates (subject to hydrolysis) is 1. The third-order valence-corrected chi connectivity index (χ3v) is 7.70. The average Bonchev–Trinajstić information content (AvgIpc) is 3.54. The summed E-state index contributed by atoms with van der Waals surface area (Å²) in [7, 11) is 0. The molecule has 0 aromatic heterocycles. The standard InChI is InChI=1S/C28H30N2O5/c1-2-3-12-24(26(31)30-17-13-14-25(30)22(15-17)27(32)33)29-28(34)35-16-23-20-10-6-4-8-18(20)19-9-5-7-11-21(19)23/h2,4-11,17,22-25H,1,3,12-16H2,(H,29,34)(H,32,33)/t17-,22+,24?,25+/m1/s1. The van der Waals surface area contributed by atoms with Crippen LogP contribution in [0.5, 0.6) is 0 Å². The van der Waals surface area contributed by atoms with E-state index in [1.54, 1.807) is 11.0 Å². The fourth-order valence-electron chi connectivity index (χ4n) is 6.10. The van der Waals surface area contributed by atoms with Gasteiger partial charge in [0.05, 0.1) is 5.92 Å². The number of carboxylic acids is 1. The van der Waals surface area contributed by atoms with Crippen LogP contribution in [0.4, 0.5) is 4.79 Å². The third kappa shape index (κ3) is 4.20. The molecule has 7 nitrogen and oxygen atoms in total. The molecule has 1 unspecified atom stereocenters. The van der Waals surface area contributed by atoms with Crippen molar-refractivity contribution in [1.82, 2.24) is 10.2 Å². The van der Waals surface area contributed by atoms with Crippen molar-refractivity contribution in [1.29, 1.82) is 0 Å². The van der Waals surface area contributed by atoms with Gasteiger partial charge in [0.15, 0.2) is 0 Å². The SMILES string of the molecule is C=CCCC(NC(=O)OCC1c2ccccc2-c2ccccc21)C(=O)N1[C@@H]2CC[C@H]1[C@@H](C(=O)O)C2. The number of carboxylic acid groups (broad SMARTS) is 1. The molecule has 2 N–H and O–H groups in total. The Morgan fingerprint density at radius 2 is 1.74 bits per heavy atom. The van der Waals surface area contributed by atoms with Gasteiger partial charge in [0.25, 0.3) is 0 Å². The van der Waals surface area contributed by atoms with E-state index in [4.69, 9.17) is 4.74 Å². The summed E-state index contributed by atoms with van der Waals surface area (Å²) in [5.74, 6) is -1.69. The first-order valence-electron chi connectivity index (χ1n) is 12.3. The molecular formula is C28H30N2O5. The lowest BCUT2D eigenvalue weighted by Gasteiger charge is -2.28. The molecule has 7 heteroatoms. The predicted octanol–water partition coefficient (Wildman–Crippen LogP) is 4.32. The summed E-state index contributed by atoms with van der Waals surface area (Å²) in [5, 5.41) is 12.3. The highest BCUT2D eigenvalue weighted by molar-refractivity contribution is 5.88. The maximum atomic E-state index is 13.4. The first-order valence-corrected chi connectivity index (χ1v) is 12.3. The van der Waals surface area contributed by atoms with Gasteiger partial charge in [-0.3, -0.25) is 9.59 Å². The number of hydrogen-bond donors (Lipinski definition) is 2. The zero-order chi connectivity index (χ0) is 24.5. The highest BCUT2D eigenvalue weighted by atomic mass is 16.5. The van der Waals surface area contributed by atoms with Gasteiger partial charge in [0.1, 0.15) is 12.6 Å². The highest BCUT2D eigenvalue weighted by Gasteiger charge is 2.52. The molecule has 35 heavy (non-hydrogen) atoms. The quantitative estimate of drug-likeness (QED) is 0.556. The van der Waals surface area contributed by atoms with Crippen LogP contribution in [0.2, 0.25) is 0 Å². The smallest absolute Gasteiger partial charge is 0.407 e. The maximum absolute atomic E-state index is 13.4. The Hall–Kier alpha value is -3.61. The topological polar surface area (TPSA) is 95.9 Å². The largest absolute Gasteiger partial charge is 0.481 e. The molecule has 1 aliphatic carbocycles. The van der Waals surface area contributed by atoms with Crippen LogP contribution in [-0.4, -0.2) is 52.7 Å². The molecule has 4 atom stereocenters. The van der Waals surface area contributed by atoms with Crippen molar-refractivity contribution in [3.8, 4) is 11.1 Å². The number of hydrogen-bond acceptors (Lipinski definition) is 4. The van der Waals surface area contributed by atoms with Gasteiger partial charge in [-0.2, -0.15) is 0 Å². The number of allylic oxidation sites excluding steroid dienone is 1. The lowest BCUT2D eigenvalue weighted by atomic mass is 9.89. The van der Waals surface area contributed by atoms with Crippen molar-refractivity contribution >= 4 is 18.0 Å². The van der Waals surface area contributed by atoms with Crippen LogP contribution in [0.25, 0.3) is 11.1 Å². The van der Waals surface area contributed by atoms with E-state index in [1.165, 1.54) is 0 Å². The lowest BCUT2D eigenvalue weighted by molar-refractivity contribution is -0.143. The number of rotatable bonds is 8. The fraction of sp³-hybridized carbons (Fsp3) is 0.393. The van der Waals surface area contributed by atoms with Crippen molar-refractivity contribution in [3.63, 3.8) is 0 Å². The van der Waals surface area contributed by atoms with Gasteiger partial charge in [-0.1, -0.05) is 54.6 Å². The summed E-state index contributed by atoms with van der Waals surface area (Å²) in [4.78, 5) is 39.6. The Labute approximate surface area is 204 Å². The summed E-state index contributed by atoms with van der Waals surface area (Å²) >= 11 is 0. The number of amides is 2. The van der Waals surface area contributed by atoms with E-state index in [1.807, 2.05) is 24.3 Å². The number of carbonyl (C=O) groups excluding carboxylic acids is 2. The Morgan fingerprint density at radius 1 is 1.09 bits per heavy atom. The Balaban J connectivity index is 1.27. The maximum Gasteiger partial charge on any atom is 0.407 e. The molecule has 2 bridgehead atoms. The Bertz CT molecular complexity index is 1120. The molecule has 5 rings (SSSR count). The van der Waals surface area contributed by atoms with Gasteiger partial charge in [-0.25, -0.2) is 4.79 Å². The molecule has 182 valence electrons. The van der Waals surface area contributed by atoms with Crippen molar-refractivity contribution in [2.24, 2.45) is 5.92 Å². The molecule has 2 heterocycles. The number of carbonyl (C=O) groups is 3. The van der Waals surface area contributed by atoms with E-state index in [0.29, 0.717) is 25.7 Å². The minimum Gasteiger partial charge on any atom is -0.481 e. The van der Waals surface area contributed by atoms with E-state index in [-0.39, 0.29) is 30.5 Å². The summed E-state index contributed by atoms with van der Waals surface area (Å²) in [6.07, 6.45) is 3.97. The number of aliphatic carboxylic acids is 1. The Morgan fingerprint density at radius 3 is 2.34 bits per heavy atom. The first-order chi connectivity index (χ1) is 17.0. The number of fused-ring (bicyclic) bond motifs is 5. The molecular weight excluding hydrogens is 444 g/mol. The summed E-state index contributed by atoms with van der Waals surface area (Å²) in [5.41, 5.74) is 4.53. The third-order valence-electron chi connectivity index (χ3n) is 7.70. The molecule has 2 aromatic rings. The molecule has 2 saturated heterocycles. The second-order valence-electron chi connectivity index (χ2n) is 9.61. The van der Waals surface area contributed by atoms with E-state index in [2.05, 4.69) is 36.2 Å². The summed E-state index contributed by atoms with van der Waals surface area (Å²) in [6.45, 7) is 3.90. The molecule has 2 aliphatic heterocycles. The number of nitrogens with one attached hydrogen (secondary N) is 1. The second-order valence-corrected chi connectivity index (χ2v) is 9.61. The molecule has 2 amide bonds. The van der Waals surface area contributed by atoms with Crippen LogP contribution >= 0.6 is 0 Å². The number of benzene rings is 2. The van der Waals surface area contributed by atoms with Gasteiger partial charge in [-0.15, -0.1) is 6.58 Å². The fourth-order valence-corrected chi connectivity index (χ4v) is 6.10. The second kappa shape index (κ2) is 9.56. The minimum atomic E-state index is -0.859. The van der Waals surface area contributed by atoms with Crippen LogP contribution in [0, 0.1) is 5.92 Å². The summed E-state index contributed by atoms with van der Waals surface area (Å²) in [6, 6.07) is 15.1. The molecule has 0 saturated carbocycles. The number of nitrogens with zero attached hydrogens (tertiary/aromatic N) is 1. The highest BCUT2D eigenvalue weighted by Crippen LogP contribution is 2.45. The van der Waals surface area contributed by atoms with Gasteiger partial charge in [-0.05, 0) is 54.4 Å². The van der Waals surface area contributed by atoms with Gasteiger partial charge in [0.2, 0.25) is 5.91 Å². The molecule has 0 spiro atoms. The average molecular weight is 475 g/mol.